The van der Waals surface area contributed by atoms with Crippen LogP contribution in [-0.4, -0.2) is 39.1 Å². The number of thioether (sulfide) groups is 1. The highest BCUT2D eigenvalue weighted by Gasteiger charge is 2.23. The van der Waals surface area contributed by atoms with Crippen LogP contribution in [0, 0.1) is 0 Å². The summed E-state index contributed by atoms with van der Waals surface area (Å²) in [5, 5.41) is 0.326. The van der Waals surface area contributed by atoms with Crippen molar-refractivity contribution in [2.24, 2.45) is 0 Å². The van der Waals surface area contributed by atoms with Crippen molar-refractivity contribution in [1.29, 1.82) is 0 Å². The first kappa shape index (κ1) is 16.1. The summed E-state index contributed by atoms with van der Waals surface area (Å²) in [4.78, 5) is 33.1. The van der Waals surface area contributed by atoms with Crippen molar-refractivity contribution in [3.05, 3.63) is 22.1 Å². The van der Waals surface area contributed by atoms with Gasteiger partial charge in [-0.05, 0) is 32.6 Å². The van der Waals surface area contributed by atoms with Crippen LogP contribution >= 0.6 is 11.8 Å². The Morgan fingerprint density at radius 2 is 2.14 bits per heavy atom. The highest BCUT2D eigenvalue weighted by atomic mass is 32.2. The number of carbonyl (C=O) groups excluding carboxylic acids is 1. The van der Waals surface area contributed by atoms with Crippen LogP contribution in [0.25, 0.3) is 0 Å². The Morgan fingerprint density at radius 1 is 1.43 bits per heavy atom. The van der Waals surface area contributed by atoms with Crippen molar-refractivity contribution in [3.63, 3.8) is 0 Å². The van der Waals surface area contributed by atoms with Crippen LogP contribution in [0.1, 0.15) is 45.2 Å². The quantitative estimate of drug-likeness (QED) is 0.669. The second-order valence-corrected chi connectivity index (χ2v) is 6.77. The fraction of sp³-hybridized carbons (Fsp3) is 0.667. The number of aromatic amines is 1. The van der Waals surface area contributed by atoms with Crippen molar-refractivity contribution in [3.8, 4) is 0 Å². The van der Waals surface area contributed by atoms with E-state index in [2.05, 4.69) is 16.9 Å². The van der Waals surface area contributed by atoms with Gasteiger partial charge in [-0.1, -0.05) is 25.1 Å². The number of nitrogens with one attached hydrogen (secondary N) is 1. The third-order valence-corrected chi connectivity index (χ3v) is 4.55. The zero-order valence-electron chi connectivity index (χ0n) is 12.7. The normalized spacial score (nSPS) is 16.8. The number of hydrogen-bond donors (Lipinski definition) is 1. The van der Waals surface area contributed by atoms with E-state index in [0.29, 0.717) is 5.16 Å². The predicted octanol–water partition coefficient (Wildman–Crippen LogP) is 2.22. The maximum atomic E-state index is 12.4. The van der Waals surface area contributed by atoms with Gasteiger partial charge in [0.2, 0.25) is 5.91 Å². The molecule has 116 valence electrons. The van der Waals surface area contributed by atoms with Crippen LogP contribution in [0.15, 0.2) is 16.0 Å². The number of rotatable bonds is 5. The first-order chi connectivity index (χ1) is 10.1. The van der Waals surface area contributed by atoms with E-state index in [4.69, 9.17) is 0 Å². The van der Waals surface area contributed by atoms with Crippen LogP contribution < -0.4 is 5.56 Å². The van der Waals surface area contributed by atoms with Gasteiger partial charge in [0.05, 0.1) is 5.25 Å². The van der Waals surface area contributed by atoms with Gasteiger partial charge in [-0.25, -0.2) is 4.98 Å². The molecule has 0 bridgehead atoms. The third-order valence-electron chi connectivity index (χ3n) is 3.58. The lowest BCUT2D eigenvalue weighted by Gasteiger charge is -2.28. The fourth-order valence-corrected chi connectivity index (χ4v) is 3.43. The van der Waals surface area contributed by atoms with E-state index < -0.39 is 0 Å². The summed E-state index contributed by atoms with van der Waals surface area (Å²) >= 11 is 1.34. The number of hydrogen-bond acceptors (Lipinski definition) is 4. The number of likely N-dealkylation sites (tertiary alicyclic amines) is 1. The van der Waals surface area contributed by atoms with Gasteiger partial charge in [-0.15, -0.1) is 0 Å². The number of aromatic nitrogens is 2. The van der Waals surface area contributed by atoms with E-state index in [-0.39, 0.29) is 16.7 Å². The van der Waals surface area contributed by atoms with Crippen LogP contribution in [0.2, 0.25) is 0 Å². The van der Waals surface area contributed by atoms with Gasteiger partial charge in [0.1, 0.15) is 0 Å². The Morgan fingerprint density at radius 3 is 2.81 bits per heavy atom. The highest BCUT2D eigenvalue weighted by Crippen LogP contribution is 2.22. The number of aryl methyl sites for hydroxylation is 1. The SMILES string of the molecule is CCCc1cc(=O)[nH]c(SC(C)C(=O)N2CCCCC2)n1. The second-order valence-electron chi connectivity index (χ2n) is 5.44. The van der Waals surface area contributed by atoms with Gasteiger partial charge in [0, 0.05) is 24.8 Å². The van der Waals surface area contributed by atoms with E-state index in [9.17, 15) is 9.59 Å². The summed E-state index contributed by atoms with van der Waals surface area (Å²) in [5.74, 6) is 0.142. The minimum absolute atomic E-state index is 0.142. The van der Waals surface area contributed by atoms with E-state index in [0.717, 1.165) is 44.5 Å². The van der Waals surface area contributed by atoms with Gasteiger partial charge >= 0.3 is 0 Å². The zero-order valence-corrected chi connectivity index (χ0v) is 13.5. The molecule has 1 N–H and O–H groups in total. The predicted molar refractivity (Wildman–Crippen MR) is 84.6 cm³/mol. The second kappa shape index (κ2) is 7.64. The Balaban J connectivity index is 2.02. The topological polar surface area (TPSA) is 66.1 Å². The first-order valence-corrected chi connectivity index (χ1v) is 8.54. The molecule has 2 rings (SSSR count). The van der Waals surface area contributed by atoms with Crippen molar-refractivity contribution in [2.45, 2.75) is 56.4 Å². The molecule has 2 heterocycles. The maximum Gasteiger partial charge on any atom is 0.251 e. The smallest absolute Gasteiger partial charge is 0.251 e. The fourth-order valence-electron chi connectivity index (χ4n) is 2.51. The summed E-state index contributed by atoms with van der Waals surface area (Å²) in [6.45, 7) is 5.64. The minimum Gasteiger partial charge on any atom is -0.342 e. The Labute approximate surface area is 129 Å². The number of amides is 1. The standard InChI is InChI=1S/C15H23N3O2S/c1-3-7-12-10-13(19)17-15(16-12)21-11(2)14(20)18-8-5-4-6-9-18/h10-11H,3-9H2,1-2H3,(H,16,17,19). The monoisotopic (exact) mass is 309 g/mol. The average molecular weight is 309 g/mol. The minimum atomic E-state index is -0.219. The zero-order chi connectivity index (χ0) is 15.2. The Hall–Kier alpha value is -1.30. The average Bonchev–Trinajstić information content (AvgIpc) is 2.47. The third kappa shape index (κ3) is 4.59. The number of H-pyrrole nitrogens is 1. The number of piperidine rings is 1. The summed E-state index contributed by atoms with van der Waals surface area (Å²) < 4.78 is 0. The lowest BCUT2D eigenvalue weighted by atomic mass is 10.1. The molecule has 0 aromatic carbocycles. The van der Waals surface area contributed by atoms with E-state index in [1.165, 1.54) is 24.2 Å². The molecule has 1 unspecified atom stereocenters. The maximum absolute atomic E-state index is 12.4. The van der Waals surface area contributed by atoms with Gasteiger partial charge in [0.25, 0.3) is 5.56 Å². The first-order valence-electron chi connectivity index (χ1n) is 7.66. The van der Waals surface area contributed by atoms with Gasteiger partial charge in [-0.3, -0.25) is 9.59 Å². The summed E-state index contributed by atoms with van der Waals surface area (Å²) in [6, 6.07) is 1.53. The Bertz CT molecular complexity index is 538. The lowest BCUT2D eigenvalue weighted by molar-refractivity contribution is -0.131. The van der Waals surface area contributed by atoms with Crippen molar-refractivity contribution in [2.75, 3.05) is 13.1 Å². The molecule has 1 aromatic heterocycles. The van der Waals surface area contributed by atoms with E-state index >= 15 is 0 Å². The molecule has 0 radical (unpaired) electrons. The molecule has 6 heteroatoms. The number of carbonyl (C=O) groups is 1. The molecular weight excluding hydrogens is 286 g/mol. The molecule has 0 spiro atoms. The molecule has 1 saturated heterocycles. The molecule has 21 heavy (non-hydrogen) atoms. The van der Waals surface area contributed by atoms with Crippen LogP contribution in [0.5, 0.6) is 0 Å². The molecule has 1 aliphatic rings. The molecule has 1 aromatic rings. The highest BCUT2D eigenvalue weighted by molar-refractivity contribution is 8.00. The van der Waals surface area contributed by atoms with Gasteiger partial charge in [-0.2, -0.15) is 0 Å². The van der Waals surface area contributed by atoms with Crippen molar-refractivity contribution < 1.29 is 4.79 Å². The van der Waals surface area contributed by atoms with Gasteiger partial charge < -0.3 is 9.88 Å². The number of nitrogens with zero attached hydrogens (tertiary/aromatic N) is 2. The molecule has 1 fully saturated rings. The molecule has 0 aliphatic carbocycles. The van der Waals surface area contributed by atoms with E-state index in [1.807, 2.05) is 11.8 Å². The summed E-state index contributed by atoms with van der Waals surface area (Å²) in [6.07, 6.45) is 5.11. The summed E-state index contributed by atoms with van der Waals surface area (Å²) in [5.41, 5.74) is 0.648. The lowest BCUT2D eigenvalue weighted by Crippen LogP contribution is -2.40. The molecule has 1 atom stereocenters. The van der Waals surface area contributed by atoms with E-state index in [1.54, 1.807) is 0 Å². The molecule has 1 aliphatic heterocycles. The Kier molecular flexibility index (Phi) is 5.85. The largest absolute Gasteiger partial charge is 0.342 e. The van der Waals surface area contributed by atoms with Crippen LogP contribution in [-0.2, 0) is 11.2 Å². The van der Waals surface area contributed by atoms with Crippen molar-refractivity contribution in [1.82, 2.24) is 14.9 Å². The molecule has 0 saturated carbocycles. The summed E-state index contributed by atoms with van der Waals surface area (Å²) in [7, 11) is 0. The molecule has 5 nitrogen and oxygen atoms in total. The van der Waals surface area contributed by atoms with Crippen molar-refractivity contribution >= 4 is 17.7 Å². The molecule has 1 amide bonds. The van der Waals surface area contributed by atoms with Crippen LogP contribution in [0.4, 0.5) is 0 Å². The molecular formula is C15H23N3O2S. The van der Waals surface area contributed by atoms with Crippen LogP contribution in [0.3, 0.4) is 0 Å². The van der Waals surface area contributed by atoms with Gasteiger partial charge in [0.15, 0.2) is 5.16 Å².